The van der Waals surface area contributed by atoms with E-state index in [9.17, 15) is 14.3 Å². The summed E-state index contributed by atoms with van der Waals surface area (Å²) in [6.45, 7) is 5.08. The Labute approximate surface area is 159 Å². The molecule has 0 spiro atoms. The van der Waals surface area contributed by atoms with Crippen LogP contribution in [0.25, 0.3) is 33.5 Å². The number of aromatic amines is 2. The molecule has 9 heteroatoms. The van der Waals surface area contributed by atoms with E-state index < -0.39 is 11.6 Å². The third-order valence-electron chi connectivity index (χ3n) is 4.87. The van der Waals surface area contributed by atoms with Crippen LogP contribution in [0, 0.1) is 5.82 Å². The number of aliphatic hydroxyl groups is 1. The number of halogens is 1. The van der Waals surface area contributed by atoms with Crippen molar-refractivity contribution in [1.29, 1.82) is 0 Å². The van der Waals surface area contributed by atoms with E-state index in [2.05, 4.69) is 30.5 Å². The summed E-state index contributed by atoms with van der Waals surface area (Å²) >= 11 is 0. The summed E-state index contributed by atoms with van der Waals surface area (Å²) in [6, 6.07) is 4.32. The molecule has 0 fully saturated rings. The van der Waals surface area contributed by atoms with Crippen LogP contribution in [0.15, 0.2) is 30.6 Å². The predicted octanol–water partition coefficient (Wildman–Crippen LogP) is 2.53. The molecule has 3 aromatic heterocycles. The van der Waals surface area contributed by atoms with E-state index in [1.807, 2.05) is 0 Å². The average Bonchev–Trinajstić information content (AvgIpc) is 3.23. The highest BCUT2D eigenvalue weighted by Crippen LogP contribution is 2.27. The van der Waals surface area contributed by atoms with Gasteiger partial charge in [-0.3, -0.25) is 9.89 Å². The fraction of sp³-hybridized carbons (Fsp3) is 0.263. The Morgan fingerprint density at radius 1 is 1.36 bits per heavy atom. The number of nitrogens with zero attached hydrogens (tertiary/aromatic N) is 3. The molecule has 0 aliphatic rings. The summed E-state index contributed by atoms with van der Waals surface area (Å²) in [4.78, 5) is 24.5. The van der Waals surface area contributed by atoms with E-state index in [1.54, 1.807) is 33.0 Å². The summed E-state index contributed by atoms with van der Waals surface area (Å²) in [5, 5.41) is 20.3. The molecule has 0 saturated carbocycles. The number of carbonyl (C=O) groups excluding carboxylic acids is 1. The molecule has 0 saturated heterocycles. The van der Waals surface area contributed by atoms with Crippen LogP contribution in [0.5, 0.6) is 0 Å². The number of hydrogen-bond acceptors (Lipinski definition) is 5. The SMILES string of the molecule is CC(O)C(C)(C)NC(=O)c1c[nH]c2ncc(-c3n[nH]c4cc(F)ccc34)nc12. The minimum absolute atomic E-state index is 0.309. The number of aliphatic hydroxyl groups excluding tert-OH is 1. The first-order valence-electron chi connectivity index (χ1n) is 8.75. The van der Waals surface area contributed by atoms with Crippen molar-refractivity contribution in [1.82, 2.24) is 30.5 Å². The number of H-pyrrole nitrogens is 2. The third-order valence-corrected chi connectivity index (χ3v) is 4.87. The molecule has 4 N–H and O–H groups in total. The van der Waals surface area contributed by atoms with E-state index in [0.717, 1.165) is 0 Å². The van der Waals surface area contributed by atoms with Crippen molar-refractivity contribution >= 4 is 28.0 Å². The van der Waals surface area contributed by atoms with Crippen molar-refractivity contribution in [2.24, 2.45) is 0 Å². The maximum atomic E-state index is 13.4. The topological polar surface area (TPSA) is 120 Å². The summed E-state index contributed by atoms with van der Waals surface area (Å²) in [6.07, 6.45) is 2.33. The van der Waals surface area contributed by atoms with Crippen LogP contribution >= 0.6 is 0 Å². The molecule has 4 aromatic rings. The monoisotopic (exact) mass is 382 g/mol. The number of rotatable bonds is 4. The van der Waals surface area contributed by atoms with Gasteiger partial charge in [-0.1, -0.05) is 0 Å². The predicted molar refractivity (Wildman–Crippen MR) is 102 cm³/mol. The number of fused-ring (bicyclic) bond motifs is 2. The first-order chi connectivity index (χ1) is 13.3. The van der Waals surface area contributed by atoms with Gasteiger partial charge in [0.2, 0.25) is 0 Å². The summed E-state index contributed by atoms with van der Waals surface area (Å²) in [5.41, 5.74) is 1.85. The fourth-order valence-electron chi connectivity index (χ4n) is 2.83. The van der Waals surface area contributed by atoms with Gasteiger partial charge in [0.05, 0.1) is 28.9 Å². The van der Waals surface area contributed by atoms with Gasteiger partial charge in [-0.25, -0.2) is 14.4 Å². The van der Waals surface area contributed by atoms with Crippen molar-refractivity contribution in [2.45, 2.75) is 32.4 Å². The van der Waals surface area contributed by atoms with Gasteiger partial charge in [0, 0.05) is 11.6 Å². The Bertz CT molecular complexity index is 1190. The van der Waals surface area contributed by atoms with Gasteiger partial charge in [0.1, 0.15) is 22.7 Å². The zero-order chi connectivity index (χ0) is 20.1. The zero-order valence-corrected chi connectivity index (χ0v) is 15.5. The second kappa shape index (κ2) is 6.38. The van der Waals surface area contributed by atoms with Crippen LogP contribution < -0.4 is 5.32 Å². The smallest absolute Gasteiger partial charge is 0.255 e. The van der Waals surface area contributed by atoms with Crippen LogP contribution in [0.1, 0.15) is 31.1 Å². The first-order valence-corrected chi connectivity index (χ1v) is 8.75. The van der Waals surface area contributed by atoms with Crippen molar-refractivity contribution in [3.63, 3.8) is 0 Å². The number of carbonyl (C=O) groups is 1. The van der Waals surface area contributed by atoms with Gasteiger partial charge < -0.3 is 15.4 Å². The van der Waals surface area contributed by atoms with Crippen LogP contribution in [-0.2, 0) is 0 Å². The Morgan fingerprint density at radius 2 is 2.14 bits per heavy atom. The second-order valence-electron chi connectivity index (χ2n) is 7.27. The number of benzene rings is 1. The van der Waals surface area contributed by atoms with Crippen LogP contribution in [0.3, 0.4) is 0 Å². The summed E-state index contributed by atoms with van der Waals surface area (Å²) in [7, 11) is 0. The van der Waals surface area contributed by atoms with Gasteiger partial charge in [0.25, 0.3) is 5.91 Å². The lowest BCUT2D eigenvalue weighted by atomic mass is 9.98. The van der Waals surface area contributed by atoms with Crippen molar-refractivity contribution < 1.29 is 14.3 Å². The molecule has 1 aromatic carbocycles. The molecular formula is C19H19FN6O2. The van der Waals surface area contributed by atoms with E-state index in [-0.39, 0.29) is 11.7 Å². The minimum atomic E-state index is -0.811. The lowest BCUT2D eigenvalue weighted by Gasteiger charge is -2.29. The third kappa shape index (κ3) is 2.99. The number of nitrogens with one attached hydrogen (secondary N) is 3. The molecule has 144 valence electrons. The first kappa shape index (κ1) is 18.1. The maximum absolute atomic E-state index is 13.4. The summed E-state index contributed by atoms with van der Waals surface area (Å²) in [5.74, 6) is -0.743. The van der Waals surface area contributed by atoms with Crippen LogP contribution in [-0.4, -0.2) is 47.8 Å². The lowest BCUT2D eigenvalue weighted by molar-refractivity contribution is 0.0710. The standard InChI is InChI=1S/C19H19FN6O2/c1-9(27)19(2,3)24-18(28)12-7-21-17-16(12)23-14(8-22-17)15-11-5-4-10(20)6-13(11)25-26-15/h4-9,27H,1-3H3,(H,21,22)(H,24,28)(H,25,26). The average molecular weight is 382 g/mol. The van der Waals surface area contributed by atoms with Crippen LogP contribution in [0.2, 0.25) is 0 Å². The lowest BCUT2D eigenvalue weighted by Crippen LogP contribution is -2.50. The molecular weight excluding hydrogens is 363 g/mol. The normalized spacial score (nSPS) is 13.2. The van der Waals surface area contributed by atoms with Gasteiger partial charge in [0.15, 0.2) is 5.65 Å². The molecule has 0 aliphatic carbocycles. The number of hydrogen-bond donors (Lipinski definition) is 4. The van der Waals surface area contributed by atoms with Gasteiger partial charge >= 0.3 is 0 Å². The van der Waals surface area contributed by atoms with Crippen molar-refractivity contribution in [2.75, 3.05) is 0 Å². The number of amides is 1. The maximum Gasteiger partial charge on any atom is 0.255 e. The Hall–Kier alpha value is -3.33. The molecule has 4 rings (SSSR count). The van der Waals surface area contributed by atoms with E-state index in [1.165, 1.54) is 18.3 Å². The molecule has 0 aliphatic heterocycles. The highest BCUT2D eigenvalue weighted by atomic mass is 19.1. The van der Waals surface area contributed by atoms with Crippen LogP contribution in [0.4, 0.5) is 4.39 Å². The number of aromatic nitrogens is 5. The highest BCUT2D eigenvalue weighted by Gasteiger charge is 2.28. The molecule has 0 bridgehead atoms. The largest absolute Gasteiger partial charge is 0.391 e. The van der Waals surface area contributed by atoms with Crippen molar-refractivity contribution in [3.05, 3.63) is 42.0 Å². The van der Waals surface area contributed by atoms with Gasteiger partial charge in [-0.05, 0) is 39.0 Å². The molecule has 1 atom stereocenters. The highest BCUT2D eigenvalue weighted by molar-refractivity contribution is 6.05. The Kier molecular flexibility index (Phi) is 4.11. The quantitative estimate of drug-likeness (QED) is 0.432. The van der Waals surface area contributed by atoms with Gasteiger partial charge in [-0.2, -0.15) is 5.10 Å². The molecule has 8 nitrogen and oxygen atoms in total. The molecule has 1 unspecified atom stereocenters. The molecule has 28 heavy (non-hydrogen) atoms. The summed E-state index contributed by atoms with van der Waals surface area (Å²) < 4.78 is 13.4. The van der Waals surface area contributed by atoms with E-state index in [4.69, 9.17) is 0 Å². The molecule has 0 radical (unpaired) electrons. The minimum Gasteiger partial charge on any atom is -0.391 e. The van der Waals surface area contributed by atoms with Crippen molar-refractivity contribution in [3.8, 4) is 11.4 Å². The zero-order valence-electron chi connectivity index (χ0n) is 15.5. The molecule has 1 amide bonds. The Balaban J connectivity index is 1.77. The second-order valence-corrected chi connectivity index (χ2v) is 7.27. The van der Waals surface area contributed by atoms with E-state index >= 15 is 0 Å². The van der Waals surface area contributed by atoms with Gasteiger partial charge in [-0.15, -0.1) is 0 Å². The fourth-order valence-corrected chi connectivity index (χ4v) is 2.83. The van der Waals surface area contributed by atoms with E-state index in [0.29, 0.717) is 39.0 Å². The Morgan fingerprint density at radius 3 is 2.89 bits per heavy atom. The molecule has 3 heterocycles.